The van der Waals surface area contributed by atoms with Crippen LogP contribution in [0.1, 0.15) is 36.3 Å². The van der Waals surface area contributed by atoms with Gasteiger partial charge in [0.05, 0.1) is 17.5 Å². The van der Waals surface area contributed by atoms with Crippen LogP contribution in [0.4, 0.5) is 11.5 Å². The van der Waals surface area contributed by atoms with Crippen LogP contribution < -0.4 is 10.6 Å². The summed E-state index contributed by atoms with van der Waals surface area (Å²) in [5, 5.41) is 2.82. The minimum absolute atomic E-state index is 0.106. The van der Waals surface area contributed by atoms with Crippen LogP contribution in [0.5, 0.6) is 0 Å². The fourth-order valence-electron chi connectivity index (χ4n) is 5.16. The quantitative estimate of drug-likeness (QED) is 0.325. The summed E-state index contributed by atoms with van der Waals surface area (Å²) >= 11 is 0. The molecule has 3 aromatic carbocycles. The molecule has 1 aliphatic carbocycles. The van der Waals surface area contributed by atoms with Crippen molar-refractivity contribution in [3.8, 4) is 0 Å². The van der Waals surface area contributed by atoms with Crippen LogP contribution in [-0.2, 0) is 14.3 Å². The number of rotatable bonds is 6. The number of carbonyl (C=O) groups excluding carboxylic acids is 3. The number of aromatic nitrogens is 3. The molecule has 0 aliphatic heterocycles. The molecule has 1 aliphatic rings. The molecule has 9 heteroatoms. The van der Waals surface area contributed by atoms with E-state index in [4.69, 9.17) is 10.5 Å². The molecule has 194 valence electrons. The summed E-state index contributed by atoms with van der Waals surface area (Å²) in [7, 11) is 0. The Bertz CT molecular complexity index is 1750. The third kappa shape index (κ3) is 4.27. The molecule has 2 N–H and O–H groups in total. The molecule has 5 aromatic rings. The van der Waals surface area contributed by atoms with Crippen LogP contribution >= 0.6 is 0 Å². The standard InChI is InChI=1S/C30H25N5O4/c1-19(36)35(26-12-6-9-20-7-2-4-10-23(20)26)27-17-34(18-32-27)22-15-30(16-22,29(31)38)39-28(37)25-14-13-21-8-3-5-11-24(21)33-25/h2-14,17-18,22H,15-16H2,1H3,(H2,31,38). The van der Waals surface area contributed by atoms with Crippen LogP contribution in [0.15, 0.2) is 91.4 Å². The zero-order valence-corrected chi connectivity index (χ0v) is 21.2. The van der Waals surface area contributed by atoms with E-state index in [1.165, 1.54) is 6.92 Å². The second kappa shape index (κ2) is 9.36. The minimum atomic E-state index is -1.45. The van der Waals surface area contributed by atoms with Gasteiger partial charge in [-0.1, -0.05) is 60.7 Å². The summed E-state index contributed by atoms with van der Waals surface area (Å²) in [6.07, 6.45) is 3.74. The van der Waals surface area contributed by atoms with E-state index in [-0.39, 0.29) is 30.5 Å². The lowest BCUT2D eigenvalue weighted by atomic mass is 9.74. The normalized spacial score (nSPS) is 18.4. The molecule has 0 unspecified atom stereocenters. The summed E-state index contributed by atoms with van der Waals surface area (Å²) < 4.78 is 7.48. The highest BCUT2D eigenvalue weighted by Gasteiger charge is 2.53. The van der Waals surface area contributed by atoms with Gasteiger partial charge in [0.15, 0.2) is 11.4 Å². The fraction of sp³-hybridized carbons (Fsp3) is 0.167. The Balaban J connectivity index is 1.22. The second-order valence-electron chi connectivity index (χ2n) is 9.73. The maximum absolute atomic E-state index is 12.9. The highest BCUT2D eigenvalue weighted by molar-refractivity contribution is 6.07. The van der Waals surface area contributed by atoms with Gasteiger partial charge in [-0.15, -0.1) is 0 Å². The predicted molar refractivity (Wildman–Crippen MR) is 146 cm³/mol. The number of carbonyl (C=O) groups is 3. The first-order chi connectivity index (χ1) is 18.8. The number of fused-ring (bicyclic) bond motifs is 2. The van der Waals surface area contributed by atoms with Gasteiger partial charge >= 0.3 is 5.97 Å². The van der Waals surface area contributed by atoms with Crippen LogP contribution in [0.2, 0.25) is 0 Å². The van der Waals surface area contributed by atoms with Gasteiger partial charge < -0.3 is 15.0 Å². The number of amides is 2. The van der Waals surface area contributed by atoms with E-state index in [2.05, 4.69) is 9.97 Å². The summed E-state index contributed by atoms with van der Waals surface area (Å²) in [5.41, 5.74) is 5.73. The Labute approximate surface area is 223 Å². The molecule has 0 atom stereocenters. The van der Waals surface area contributed by atoms with E-state index in [1.807, 2.05) is 65.2 Å². The Kier molecular flexibility index (Phi) is 5.83. The number of imidazole rings is 1. The van der Waals surface area contributed by atoms with Gasteiger partial charge in [0.25, 0.3) is 5.91 Å². The molecule has 2 heterocycles. The zero-order chi connectivity index (χ0) is 27.1. The Morgan fingerprint density at radius 3 is 2.44 bits per heavy atom. The molecule has 2 amide bonds. The monoisotopic (exact) mass is 519 g/mol. The molecule has 2 aromatic heterocycles. The highest BCUT2D eigenvalue weighted by atomic mass is 16.6. The van der Waals surface area contributed by atoms with Gasteiger partial charge in [-0.05, 0) is 23.6 Å². The maximum atomic E-state index is 12.9. The first-order valence-electron chi connectivity index (χ1n) is 12.6. The van der Waals surface area contributed by atoms with Crippen LogP contribution in [0, 0.1) is 0 Å². The Morgan fingerprint density at radius 2 is 1.67 bits per heavy atom. The van der Waals surface area contributed by atoms with Crippen molar-refractivity contribution in [2.75, 3.05) is 4.90 Å². The first-order valence-corrected chi connectivity index (χ1v) is 12.6. The number of nitrogens with zero attached hydrogens (tertiary/aromatic N) is 4. The molecule has 0 radical (unpaired) electrons. The molecule has 9 nitrogen and oxygen atoms in total. The number of hydrogen-bond acceptors (Lipinski definition) is 6. The van der Waals surface area contributed by atoms with Crippen molar-refractivity contribution < 1.29 is 19.1 Å². The van der Waals surface area contributed by atoms with Gasteiger partial charge in [-0.25, -0.2) is 14.8 Å². The number of benzene rings is 3. The number of ether oxygens (including phenoxy) is 1. The number of para-hydroxylation sites is 1. The summed E-state index contributed by atoms with van der Waals surface area (Å²) in [6.45, 7) is 1.49. The lowest BCUT2D eigenvalue weighted by Gasteiger charge is -2.44. The third-order valence-electron chi connectivity index (χ3n) is 7.24. The van der Waals surface area contributed by atoms with Crippen molar-refractivity contribution in [3.63, 3.8) is 0 Å². The molecule has 1 saturated carbocycles. The smallest absolute Gasteiger partial charge is 0.358 e. The van der Waals surface area contributed by atoms with Gasteiger partial charge in [0, 0.05) is 42.8 Å². The second-order valence-corrected chi connectivity index (χ2v) is 9.73. The van der Waals surface area contributed by atoms with E-state index < -0.39 is 17.5 Å². The van der Waals surface area contributed by atoms with E-state index in [9.17, 15) is 14.4 Å². The molecular formula is C30H25N5O4. The number of pyridine rings is 1. The zero-order valence-electron chi connectivity index (χ0n) is 21.2. The predicted octanol–water partition coefficient (Wildman–Crippen LogP) is 4.69. The topological polar surface area (TPSA) is 120 Å². The molecule has 0 saturated heterocycles. The number of esters is 1. The number of primary amides is 1. The van der Waals surface area contributed by atoms with Gasteiger partial charge in [-0.3, -0.25) is 14.5 Å². The maximum Gasteiger partial charge on any atom is 0.358 e. The van der Waals surface area contributed by atoms with Crippen LogP contribution in [-0.4, -0.2) is 37.9 Å². The first kappa shape index (κ1) is 24.3. The van der Waals surface area contributed by atoms with Gasteiger partial charge in [-0.2, -0.15) is 0 Å². The van der Waals surface area contributed by atoms with E-state index >= 15 is 0 Å². The minimum Gasteiger partial charge on any atom is -0.444 e. The van der Waals surface area contributed by atoms with Crippen molar-refractivity contribution in [2.45, 2.75) is 31.4 Å². The third-order valence-corrected chi connectivity index (χ3v) is 7.24. The van der Waals surface area contributed by atoms with E-state index in [1.54, 1.807) is 35.6 Å². The highest BCUT2D eigenvalue weighted by Crippen LogP contribution is 2.45. The van der Waals surface area contributed by atoms with Gasteiger partial charge in [0.1, 0.15) is 5.69 Å². The summed E-state index contributed by atoms with van der Waals surface area (Å²) in [4.78, 5) is 48.5. The molecular weight excluding hydrogens is 494 g/mol. The SMILES string of the molecule is CC(=O)N(c1cn(C2CC(OC(=O)c3ccc4ccccc4n3)(C(N)=O)C2)cn1)c1cccc2ccccc12. The van der Waals surface area contributed by atoms with Crippen molar-refractivity contribution in [3.05, 3.63) is 97.1 Å². The summed E-state index contributed by atoms with van der Waals surface area (Å²) in [6, 6.07) is 24.2. The molecule has 0 bridgehead atoms. The van der Waals surface area contributed by atoms with Crippen molar-refractivity contribution in [1.82, 2.24) is 14.5 Å². The summed E-state index contributed by atoms with van der Waals surface area (Å²) in [5.74, 6) is -1.15. The Morgan fingerprint density at radius 1 is 0.949 bits per heavy atom. The number of anilines is 2. The van der Waals surface area contributed by atoms with Crippen molar-refractivity contribution in [2.24, 2.45) is 5.73 Å². The number of hydrogen-bond donors (Lipinski definition) is 1. The molecule has 6 rings (SSSR count). The average Bonchev–Trinajstić information content (AvgIpc) is 3.39. The van der Waals surface area contributed by atoms with Crippen molar-refractivity contribution in [1.29, 1.82) is 0 Å². The lowest BCUT2D eigenvalue weighted by molar-refractivity contribution is -0.152. The van der Waals surface area contributed by atoms with Crippen LogP contribution in [0.25, 0.3) is 21.7 Å². The van der Waals surface area contributed by atoms with E-state index in [0.717, 1.165) is 21.8 Å². The molecule has 0 spiro atoms. The molecule has 1 fully saturated rings. The molecule has 39 heavy (non-hydrogen) atoms. The van der Waals surface area contributed by atoms with Crippen LogP contribution in [0.3, 0.4) is 0 Å². The number of nitrogens with two attached hydrogens (primary N) is 1. The average molecular weight is 520 g/mol. The van der Waals surface area contributed by atoms with E-state index in [0.29, 0.717) is 11.3 Å². The van der Waals surface area contributed by atoms with Crippen molar-refractivity contribution >= 4 is 51.0 Å². The lowest BCUT2D eigenvalue weighted by Crippen LogP contribution is -2.57. The van der Waals surface area contributed by atoms with Gasteiger partial charge in [0.2, 0.25) is 5.91 Å². The largest absolute Gasteiger partial charge is 0.444 e. The fourth-order valence-corrected chi connectivity index (χ4v) is 5.16. The Hall–Kier alpha value is -5.05.